The fourth-order valence-electron chi connectivity index (χ4n) is 3.44. The van der Waals surface area contributed by atoms with Gasteiger partial charge in [-0.3, -0.25) is 4.79 Å². The smallest absolute Gasteiger partial charge is 0.278 e. The Bertz CT molecular complexity index is 1010. The largest absolute Gasteiger partial charge is 0.370 e. The summed E-state index contributed by atoms with van der Waals surface area (Å²) in [4.78, 5) is 21.3. The average molecular weight is 392 g/mol. The van der Waals surface area contributed by atoms with Crippen molar-refractivity contribution in [3.8, 4) is 0 Å². The van der Waals surface area contributed by atoms with Crippen molar-refractivity contribution >= 4 is 28.9 Å². The number of aromatic nitrogens is 3. The molecule has 8 nitrogen and oxygen atoms in total. The lowest BCUT2D eigenvalue weighted by molar-refractivity contribution is 0.101. The van der Waals surface area contributed by atoms with Crippen LogP contribution in [0.15, 0.2) is 34.9 Å². The van der Waals surface area contributed by atoms with Gasteiger partial charge < -0.3 is 20.5 Å². The Kier molecular flexibility index (Phi) is 5.41. The minimum absolute atomic E-state index is 0.237. The molecular weight excluding hydrogens is 368 g/mol. The standard InChI is InChI=1S/C21H24N6O2/c1-3-22-18-12-19(24-13(2)23-18)25-14-8-10-15(11-9-14)26-21(28)20-16-6-4-5-7-17(16)29-27-20/h8-12H,3-7H2,1-2H3,(H,26,28)(H2,22,23,24,25). The lowest BCUT2D eigenvalue weighted by atomic mass is 9.96. The molecule has 8 heteroatoms. The van der Waals surface area contributed by atoms with Crippen LogP contribution < -0.4 is 16.0 Å². The van der Waals surface area contributed by atoms with Gasteiger partial charge in [0, 0.05) is 36.0 Å². The molecule has 0 fully saturated rings. The number of hydrogen-bond donors (Lipinski definition) is 3. The van der Waals surface area contributed by atoms with E-state index in [1.54, 1.807) is 0 Å². The van der Waals surface area contributed by atoms with Gasteiger partial charge in [0.15, 0.2) is 5.69 Å². The number of rotatable bonds is 6. The SMILES string of the molecule is CCNc1cc(Nc2ccc(NC(=O)c3noc4c3CCCC4)cc2)nc(C)n1. The minimum atomic E-state index is -0.237. The normalized spacial score (nSPS) is 12.9. The Morgan fingerprint density at radius 3 is 2.59 bits per heavy atom. The van der Waals surface area contributed by atoms with E-state index in [1.807, 2.05) is 44.2 Å². The van der Waals surface area contributed by atoms with Crippen molar-refractivity contribution in [3.63, 3.8) is 0 Å². The molecule has 0 atom stereocenters. The Hall–Kier alpha value is -3.42. The van der Waals surface area contributed by atoms with E-state index in [-0.39, 0.29) is 5.91 Å². The molecule has 0 spiro atoms. The van der Waals surface area contributed by atoms with Gasteiger partial charge in [-0.2, -0.15) is 0 Å². The van der Waals surface area contributed by atoms with E-state index in [1.165, 1.54) is 0 Å². The summed E-state index contributed by atoms with van der Waals surface area (Å²) < 4.78 is 5.33. The van der Waals surface area contributed by atoms with Gasteiger partial charge in [0.05, 0.1) is 0 Å². The molecule has 1 aliphatic carbocycles. The first-order chi connectivity index (χ1) is 14.1. The molecule has 29 heavy (non-hydrogen) atoms. The van der Waals surface area contributed by atoms with Gasteiger partial charge in [0.25, 0.3) is 5.91 Å². The van der Waals surface area contributed by atoms with Crippen LogP contribution in [0.2, 0.25) is 0 Å². The summed E-state index contributed by atoms with van der Waals surface area (Å²) in [6.45, 7) is 4.67. The average Bonchev–Trinajstić information content (AvgIpc) is 3.14. The third-order valence-electron chi connectivity index (χ3n) is 4.78. The fraction of sp³-hybridized carbons (Fsp3) is 0.333. The van der Waals surface area contributed by atoms with Crippen LogP contribution in [0.1, 0.15) is 47.4 Å². The Morgan fingerprint density at radius 1 is 1.07 bits per heavy atom. The Balaban J connectivity index is 1.43. The summed E-state index contributed by atoms with van der Waals surface area (Å²) in [5.74, 6) is 2.78. The van der Waals surface area contributed by atoms with Gasteiger partial charge >= 0.3 is 0 Å². The number of benzene rings is 1. The first-order valence-corrected chi connectivity index (χ1v) is 9.88. The molecule has 0 saturated heterocycles. The van der Waals surface area contributed by atoms with Crippen LogP contribution in [-0.4, -0.2) is 27.6 Å². The number of carbonyl (C=O) groups is 1. The van der Waals surface area contributed by atoms with E-state index in [0.29, 0.717) is 23.0 Å². The molecule has 1 aromatic carbocycles. The minimum Gasteiger partial charge on any atom is -0.370 e. The molecule has 3 N–H and O–H groups in total. The summed E-state index contributed by atoms with van der Waals surface area (Å²) in [6.07, 6.45) is 3.85. The van der Waals surface area contributed by atoms with Crippen molar-refractivity contribution in [2.75, 3.05) is 22.5 Å². The number of anilines is 4. The third-order valence-corrected chi connectivity index (χ3v) is 4.78. The number of carbonyl (C=O) groups excluding carboxylic acids is 1. The van der Waals surface area contributed by atoms with E-state index in [4.69, 9.17) is 4.52 Å². The van der Waals surface area contributed by atoms with Crippen LogP contribution in [0.5, 0.6) is 0 Å². The molecule has 0 unspecified atom stereocenters. The van der Waals surface area contributed by atoms with Crippen LogP contribution >= 0.6 is 0 Å². The highest BCUT2D eigenvalue weighted by molar-refractivity contribution is 6.04. The topological polar surface area (TPSA) is 105 Å². The molecule has 4 rings (SSSR count). The van der Waals surface area contributed by atoms with Crippen molar-refractivity contribution in [2.45, 2.75) is 39.5 Å². The monoisotopic (exact) mass is 392 g/mol. The molecule has 2 heterocycles. The number of nitrogens with one attached hydrogen (secondary N) is 3. The fourth-order valence-corrected chi connectivity index (χ4v) is 3.44. The van der Waals surface area contributed by atoms with E-state index in [2.05, 4.69) is 31.1 Å². The molecule has 0 radical (unpaired) electrons. The van der Waals surface area contributed by atoms with E-state index in [9.17, 15) is 4.79 Å². The van der Waals surface area contributed by atoms with E-state index < -0.39 is 0 Å². The van der Waals surface area contributed by atoms with Crippen molar-refractivity contribution in [1.29, 1.82) is 0 Å². The second kappa shape index (κ2) is 8.30. The van der Waals surface area contributed by atoms with Crippen molar-refractivity contribution < 1.29 is 9.32 Å². The lowest BCUT2D eigenvalue weighted by Gasteiger charge is -2.11. The Morgan fingerprint density at radius 2 is 1.79 bits per heavy atom. The predicted octanol–water partition coefficient (Wildman–Crippen LogP) is 4.08. The zero-order valence-electron chi connectivity index (χ0n) is 16.6. The predicted molar refractivity (Wildman–Crippen MR) is 112 cm³/mol. The maximum atomic E-state index is 12.6. The van der Waals surface area contributed by atoms with E-state index in [0.717, 1.165) is 55.1 Å². The zero-order valence-corrected chi connectivity index (χ0v) is 16.6. The number of aryl methyl sites for hydroxylation is 2. The summed E-state index contributed by atoms with van der Waals surface area (Å²) >= 11 is 0. The summed E-state index contributed by atoms with van der Waals surface area (Å²) in [5.41, 5.74) is 2.90. The lowest BCUT2D eigenvalue weighted by Crippen LogP contribution is -2.15. The van der Waals surface area contributed by atoms with E-state index >= 15 is 0 Å². The first-order valence-electron chi connectivity index (χ1n) is 9.88. The summed E-state index contributed by atoms with van der Waals surface area (Å²) in [6, 6.07) is 9.31. The number of amides is 1. The molecular formula is C21H24N6O2. The highest BCUT2D eigenvalue weighted by Crippen LogP contribution is 2.25. The van der Waals surface area contributed by atoms with Gasteiger partial charge in [-0.15, -0.1) is 0 Å². The number of hydrogen-bond acceptors (Lipinski definition) is 7. The molecule has 150 valence electrons. The van der Waals surface area contributed by atoms with Crippen molar-refractivity contribution in [1.82, 2.24) is 15.1 Å². The molecule has 0 aliphatic heterocycles. The van der Waals surface area contributed by atoms with Crippen LogP contribution in [-0.2, 0) is 12.8 Å². The van der Waals surface area contributed by atoms with Gasteiger partial charge in [-0.05, 0) is 57.4 Å². The molecule has 3 aromatic rings. The van der Waals surface area contributed by atoms with Crippen LogP contribution in [0.4, 0.5) is 23.0 Å². The van der Waals surface area contributed by atoms with Crippen molar-refractivity contribution in [3.05, 3.63) is 53.2 Å². The maximum Gasteiger partial charge on any atom is 0.278 e. The van der Waals surface area contributed by atoms with Crippen LogP contribution in [0, 0.1) is 6.92 Å². The van der Waals surface area contributed by atoms with Crippen LogP contribution in [0.3, 0.4) is 0 Å². The highest BCUT2D eigenvalue weighted by Gasteiger charge is 2.23. The first kappa shape index (κ1) is 18.9. The van der Waals surface area contributed by atoms with Gasteiger partial charge in [0.1, 0.15) is 23.2 Å². The molecule has 1 amide bonds. The quantitative estimate of drug-likeness (QED) is 0.580. The zero-order chi connectivity index (χ0) is 20.2. The van der Waals surface area contributed by atoms with Gasteiger partial charge in [-0.25, -0.2) is 9.97 Å². The third kappa shape index (κ3) is 4.37. The molecule has 2 aromatic heterocycles. The van der Waals surface area contributed by atoms with Crippen molar-refractivity contribution in [2.24, 2.45) is 0 Å². The molecule has 0 bridgehead atoms. The van der Waals surface area contributed by atoms with Crippen LogP contribution in [0.25, 0.3) is 0 Å². The maximum absolute atomic E-state index is 12.6. The second-order valence-electron chi connectivity index (χ2n) is 7.01. The second-order valence-corrected chi connectivity index (χ2v) is 7.01. The number of nitrogens with zero attached hydrogens (tertiary/aromatic N) is 3. The van der Waals surface area contributed by atoms with Gasteiger partial charge in [0.2, 0.25) is 0 Å². The van der Waals surface area contributed by atoms with Gasteiger partial charge in [-0.1, -0.05) is 5.16 Å². The summed E-state index contributed by atoms with van der Waals surface area (Å²) in [5, 5.41) is 13.3. The molecule has 1 aliphatic rings. The highest BCUT2D eigenvalue weighted by atomic mass is 16.5. The molecule has 0 saturated carbocycles. The number of fused-ring (bicyclic) bond motifs is 1. The Labute approximate surface area is 169 Å². The summed E-state index contributed by atoms with van der Waals surface area (Å²) in [7, 11) is 0.